The number of amides is 3. The van der Waals surface area contributed by atoms with E-state index in [1.54, 1.807) is 24.3 Å². The van der Waals surface area contributed by atoms with Crippen molar-refractivity contribution in [3.63, 3.8) is 0 Å². The van der Waals surface area contributed by atoms with E-state index in [1.165, 1.54) is 0 Å². The molecule has 8 heteroatoms. The topological polar surface area (TPSA) is 66.5 Å². The molecule has 1 aliphatic carbocycles. The van der Waals surface area contributed by atoms with E-state index in [1.807, 2.05) is 0 Å². The quantitative estimate of drug-likeness (QED) is 0.788. The summed E-state index contributed by atoms with van der Waals surface area (Å²) in [5.41, 5.74) is 0.619. The molecule has 1 saturated heterocycles. The zero-order valence-corrected chi connectivity index (χ0v) is 14.9. The number of hydrogen-bond donors (Lipinski definition) is 1. The molecule has 0 bridgehead atoms. The molecule has 1 saturated carbocycles. The van der Waals surface area contributed by atoms with Crippen LogP contribution in [0.1, 0.15) is 18.4 Å². The van der Waals surface area contributed by atoms with Crippen LogP contribution in [0.25, 0.3) is 6.08 Å². The van der Waals surface area contributed by atoms with Gasteiger partial charge in [0.1, 0.15) is 0 Å². The zero-order valence-electron chi connectivity index (χ0n) is 12.6. The highest BCUT2D eigenvalue weighted by atomic mass is 35.5. The molecule has 3 amide bonds. The van der Waals surface area contributed by atoms with Gasteiger partial charge in [-0.2, -0.15) is 0 Å². The highest BCUT2D eigenvalue weighted by molar-refractivity contribution is 8.18. The van der Waals surface area contributed by atoms with Crippen molar-refractivity contribution in [3.05, 3.63) is 38.7 Å². The maximum absolute atomic E-state index is 12.4. The average molecular weight is 385 g/mol. The van der Waals surface area contributed by atoms with Crippen LogP contribution in [0.2, 0.25) is 10.0 Å². The van der Waals surface area contributed by atoms with Gasteiger partial charge in [0, 0.05) is 29.1 Å². The highest BCUT2D eigenvalue weighted by Crippen LogP contribution is 2.34. The maximum Gasteiger partial charge on any atom is 0.293 e. The second-order valence-electron chi connectivity index (χ2n) is 5.56. The molecule has 1 heterocycles. The van der Waals surface area contributed by atoms with Gasteiger partial charge in [0.25, 0.3) is 11.1 Å². The smallest absolute Gasteiger partial charge is 0.293 e. The van der Waals surface area contributed by atoms with Gasteiger partial charge in [-0.3, -0.25) is 19.3 Å². The van der Waals surface area contributed by atoms with Crippen LogP contribution in [0, 0.1) is 5.92 Å². The average Bonchev–Trinajstić information content (AvgIpc) is 3.33. The van der Waals surface area contributed by atoms with E-state index >= 15 is 0 Å². The summed E-state index contributed by atoms with van der Waals surface area (Å²) in [6.07, 6.45) is 3.41. The zero-order chi connectivity index (χ0) is 17.3. The van der Waals surface area contributed by atoms with Gasteiger partial charge in [0.15, 0.2) is 0 Å². The first-order valence-electron chi connectivity index (χ1n) is 7.44. The van der Waals surface area contributed by atoms with Crippen molar-refractivity contribution in [3.8, 4) is 0 Å². The Kier molecular flexibility index (Phi) is 5.18. The van der Waals surface area contributed by atoms with E-state index in [9.17, 15) is 14.4 Å². The van der Waals surface area contributed by atoms with Gasteiger partial charge in [-0.25, -0.2) is 0 Å². The predicted octanol–water partition coefficient (Wildman–Crippen LogP) is 3.56. The van der Waals surface area contributed by atoms with Gasteiger partial charge < -0.3 is 5.32 Å². The van der Waals surface area contributed by atoms with Crippen LogP contribution in [0.15, 0.2) is 23.1 Å². The van der Waals surface area contributed by atoms with Crippen LogP contribution in [-0.2, 0) is 9.59 Å². The van der Waals surface area contributed by atoms with E-state index in [-0.39, 0.29) is 36.1 Å². The number of imide groups is 1. The highest BCUT2D eigenvalue weighted by Gasteiger charge is 2.35. The second kappa shape index (κ2) is 7.17. The molecule has 1 aliphatic heterocycles. The van der Waals surface area contributed by atoms with E-state index < -0.39 is 0 Å². The molecule has 0 unspecified atom stereocenters. The molecular formula is C16H14Cl2N2O3S. The molecule has 24 heavy (non-hydrogen) atoms. The second-order valence-corrected chi connectivity index (χ2v) is 7.40. The summed E-state index contributed by atoms with van der Waals surface area (Å²) < 4.78 is 0. The van der Waals surface area contributed by atoms with Gasteiger partial charge in [-0.1, -0.05) is 29.3 Å². The van der Waals surface area contributed by atoms with Crippen molar-refractivity contribution in [1.29, 1.82) is 0 Å². The molecule has 0 spiro atoms. The number of carbonyl (C=O) groups excluding carboxylic acids is 3. The lowest BCUT2D eigenvalue weighted by molar-refractivity contribution is -0.124. The summed E-state index contributed by atoms with van der Waals surface area (Å²) in [6.45, 7) is 0.428. The Bertz CT molecular complexity index is 747. The van der Waals surface area contributed by atoms with Gasteiger partial charge in [0.05, 0.1) is 4.91 Å². The summed E-state index contributed by atoms with van der Waals surface area (Å²) in [7, 11) is 0. The first-order valence-corrected chi connectivity index (χ1v) is 9.01. The molecule has 126 valence electrons. The van der Waals surface area contributed by atoms with Crippen molar-refractivity contribution in [2.45, 2.75) is 12.8 Å². The van der Waals surface area contributed by atoms with Crippen molar-refractivity contribution >= 4 is 58.1 Å². The molecule has 3 rings (SSSR count). The Morgan fingerprint density at radius 3 is 2.75 bits per heavy atom. The lowest BCUT2D eigenvalue weighted by atomic mass is 10.2. The molecule has 1 aromatic rings. The van der Waals surface area contributed by atoms with E-state index in [2.05, 4.69) is 5.32 Å². The van der Waals surface area contributed by atoms with Crippen LogP contribution in [0.3, 0.4) is 0 Å². The van der Waals surface area contributed by atoms with Crippen LogP contribution in [0.4, 0.5) is 4.79 Å². The largest absolute Gasteiger partial charge is 0.354 e. The van der Waals surface area contributed by atoms with Crippen LogP contribution in [-0.4, -0.2) is 35.0 Å². The van der Waals surface area contributed by atoms with Gasteiger partial charge in [0.2, 0.25) is 5.91 Å². The molecule has 1 N–H and O–H groups in total. The minimum absolute atomic E-state index is 0.00883. The lowest BCUT2D eigenvalue weighted by Gasteiger charge is -2.12. The first kappa shape index (κ1) is 17.3. The number of thioether (sulfide) groups is 1. The number of nitrogens with zero attached hydrogens (tertiary/aromatic N) is 1. The Balaban J connectivity index is 1.64. The van der Waals surface area contributed by atoms with Gasteiger partial charge in [-0.15, -0.1) is 0 Å². The molecule has 0 aromatic heterocycles. The number of rotatable bonds is 5. The Labute approximate surface area is 153 Å². The number of hydrogen-bond acceptors (Lipinski definition) is 4. The van der Waals surface area contributed by atoms with Crippen molar-refractivity contribution in [2.24, 2.45) is 5.92 Å². The van der Waals surface area contributed by atoms with Crippen LogP contribution >= 0.6 is 35.0 Å². The number of benzene rings is 1. The lowest BCUT2D eigenvalue weighted by Crippen LogP contribution is -2.37. The summed E-state index contributed by atoms with van der Waals surface area (Å²) in [6, 6.07) is 4.93. The maximum atomic E-state index is 12.4. The summed E-state index contributed by atoms with van der Waals surface area (Å²) in [4.78, 5) is 37.4. The van der Waals surface area contributed by atoms with Gasteiger partial charge in [-0.05, 0) is 48.4 Å². The fourth-order valence-electron chi connectivity index (χ4n) is 2.23. The standard InChI is InChI=1S/C16H14Cl2N2O3S/c17-11-4-3-10(12(18)8-11)7-13-15(22)20(16(23)24-13)6-5-19-14(21)9-1-2-9/h3-4,7-9H,1-2,5-6H2,(H,19,21)/b13-7-. The number of carbonyl (C=O) groups is 3. The SMILES string of the molecule is O=C(NCCN1C(=O)S/C(=C\c2ccc(Cl)cc2Cl)C1=O)C1CC1. The molecular weight excluding hydrogens is 371 g/mol. The Morgan fingerprint density at radius 2 is 2.08 bits per heavy atom. The third kappa shape index (κ3) is 3.94. The normalized spacial score (nSPS) is 19.2. The molecule has 2 fully saturated rings. The molecule has 1 aromatic carbocycles. The summed E-state index contributed by atoms with van der Waals surface area (Å²) in [5.74, 6) is -0.283. The molecule has 0 radical (unpaired) electrons. The van der Waals surface area contributed by atoms with Crippen molar-refractivity contribution in [1.82, 2.24) is 10.2 Å². The van der Waals surface area contributed by atoms with Crippen molar-refractivity contribution in [2.75, 3.05) is 13.1 Å². The van der Waals surface area contributed by atoms with E-state index in [4.69, 9.17) is 23.2 Å². The fourth-order valence-corrected chi connectivity index (χ4v) is 3.55. The Hall–Kier alpha value is -1.50. The monoisotopic (exact) mass is 384 g/mol. The third-order valence-electron chi connectivity index (χ3n) is 3.71. The van der Waals surface area contributed by atoms with E-state index in [0.29, 0.717) is 20.5 Å². The molecule has 5 nitrogen and oxygen atoms in total. The first-order chi connectivity index (χ1) is 11.5. The molecule has 0 atom stereocenters. The predicted molar refractivity (Wildman–Crippen MR) is 94.9 cm³/mol. The van der Waals surface area contributed by atoms with Crippen molar-refractivity contribution < 1.29 is 14.4 Å². The summed E-state index contributed by atoms with van der Waals surface area (Å²) in [5, 5.41) is 3.30. The summed E-state index contributed by atoms with van der Waals surface area (Å²) >= 11 is 12.8. The number of nitrogens with one attached hydrogen (secondary N) is 1. The van der Waals surface area contributed by atoms with Crippen LogP contribution in [0.5, 0.6) is 0 Å². The minimum atomic E-state index is -0.378. The van der Waals surface area contributed by atoms with Gasteiger partial charge >= 0.3 is 0 Å². The third-order valence-corrected chi connectivity index (χ3v) is 5.18. The fraction of sp³-hybridized carbons (Fsp3) is 0.312. The molecule has 2 aliphatic rings. The van der Waals surface area contributed by atoms with Crippen LogP contribution < -0.4 is 5.32 Å². The Morgan fingerprint density at radius 1 is 1.33 bits per heavy atom. The number of halogens is 2. The minimum Gasteiger partial charge on any atom is -0.354 e. The van der Waals surface area contributed by atoms with E-state index in [0.717, 1.165) is 29.5 Å².